The first-order valence-corrected chi connectivity index (χ1v) is 7.63. The van der Waals surface area contributed by atoms with E-state index < -0.39 is 0 Å². The van der Waals surface area contributed by atoms with Gasteiger partial charge in [0, 0.05) is 13.1 Å². The first-order valence-electron chi connectivity index (χ1n) is 7.63. The Morgan fingerprint density at radius 1 is 0.889 bits per heavy atom. The lowest BCUT2D eigenvalue weighted by atomic mass is 9.69. The molecule has 0 bridgehead atoms. The van der Waals surface area contributed by atoms with Gasteiger partial charge in [-0.05, 0) is 43.2 Å². The molecule has 1 nitrogen and oxygen atoms in total. The number of piperidine rings is 1. The van der Waals surface area contributed by atoms with Gasteiger partial charge in [-0.2, -0.15) is 0 Å². The normalized spacial score (nSPS) is 24.2. The molecule has 1 spiro atoms. The maximum atomic E-state index is 2.70. The second kappa shape index (κ2) is 5.44. The molecular weight excluding hydrogens is 218 g/mol. The van der Waals surface area contributed by atoms with Crippen molar-refractivity contribution in [1.82, 2.24) is 4.90 Å². The molecule has 1 aromatic carbocycles. The minimum atomic E-state index is 0.686. The molecular formula is C17H25N. The minimum Gasteiger partial charge on any atom is -0.299 e. The minimum absolute atomic E-state index is 0.686. The Kier molecular flexibility index (Phi) is 3.69. The van der Waals surface area contributed by atoms with Crippen LogP contribution in [0.2, 0.25) is 0 Å². The zero-order valence-electron chi connectivity index (χ0n) is 11.4. The molecule has 1 aliphatic carbocycles. The van der Waals surface area contributed by atoms with E-state index in [-0.39, 0.29) is 0 Å². The van der Waals surface area contributed by atoms with Gasteiger partial charge in [-0.1, -0.05) is 49.6 Å². The van der Waals surface area contributed by atoms with Gasteiger partial charge < -0.3 is 0 Å². The highest BCUT2D eigenvalue weighted by molar-refractivity contribution is 5.14. The topological polar surface area (TPSA) is 3.24 Å². The van der Waals surface area contributed by atoms with Crippen LogP contribution in [0, 0.1) is 5.41 Å². The fraction of sp³-hybridized carbons (Fsp3) is 0.647. The highest BCUT2D eigenvalue weighted by Crippen LogP contribution is 2.43. The molecule has 0 radical (unpaired) electrons. The van der Waals surface area contributed by atoms with E-state index in [2.05, 4.69) is 35.2 Å². The molecule has 3 rings (SSSR count). The predicted octanol–water partition coefficient (Wildman–Crippen LogP) is 4.23. The molecule has 0 amide bonds. The standard InChI is InChI=1S/C17H25N/c1-3-8-16(9-4-1)14-18-13-7-12-17(15-18)10-5-2-6-11-17/h1,3-4,8-9H,2,5-7,10-15H2. The molecule has 1 heteroatoms. The summed E-state index contributed by atoms with van der Waals surface area (Å²) in [4.78, 5) is 2.70. The molecule has 0 atom stereocenters. The summed E-state index contributed by atoms with van der Waals surface area (Å²) < 4.78 is 0. The Morgan fingerprint density at radius 3 is 2.39 bits per heavy atom. The fourth-order valence-corrected chi connectivity index (χ4v) is 4.00. The lowest BCUT2D eigenvalue weighted by Gasteiger charge is -2.45. The van der Waals surface area contributed by atoms with Gasteiger partial charge in [-0.3, -0.25) is 4.90 Å². The summed E-state index contributed by atoms with van der Waals surface area (Å²) in [5.41, 5.74) is 2.16. The van der Waals surface area contributed by atoms with Gasteiger partial charge >= 0.3 is 0 Å². The molecule has 0 N–H and O–H groups in total. The molecule has 0 unspecified atom stereocenters. The molecule has 1 saturated carbocycles. The number of benzene rings is 1. The van der Waals surface area contributed by atoms with Crippen LogP contribution in [0.4, 0.5) is 0 Å². The third-order valence-corrected chi connectivity index (χ3v) is 4.90. The Balaban J connectivity index is 1.63. The predicted molar refractivity (Wildman–Crippen MR) is 76.5 cm³/mol. The average molecular weight is 243 g/mol. The SMILES string of the molecule is c1ccc(CN2CCCC3(CCCCC3)C2)cc1. The van der Waals surface area contributed by atoms with Gasteiger partial charge in [0.2, 0.25) is 0 Å². The van der Waals surface area contributed by atoms with Crippen LogP contribution in [0.5, 0.6) is 0 Å². The van der Waals surface area contributed by atoms with Crippen molar-refractivity contribution in [1.29, 1.82) is 0 Å². The fourth-order valence-electron chi connectivity index (χ4n) is 4.00. The third-order valence-electron chi connectivity index (χ3n) is 4.90. The van der Waals surface area contributed by atoms with Crippen LogP contribution in [-0.2, 0) is 6.54 Å². The molecule has 1 aromatic rings. The van der Waals surface area contributed by atoms with Gasteiger partial charge in [0.1, 0.15) is 0 Å². The Labute approximate surface area is 111 Å². The molecule has 98 valence electrons. The first-order chi connectivity index (χ1) is 8.86. The molecule has 2 aliphatic rings. The van der Waals surface area contributed by atoms with E-state index in [1.807, 2.05) is 0 Å². The summed E-state index contributed by atoms with van der Waals surface area (Å²) in [7, 11) is 0. The zero-order valence-corrected chi connectivity index (χ0v) is 11.4. The van der Waals surface area contributed by atoms with E-state index in [4.69, 9.17) is 0 Å². The van der Waals surface area contributed by atoms with Crippen molar-refractivity contribution in [2.45, 2.75) is 51.5 Å². The second-order valence-electron chi connectivity index (χ2n) is 6.36. The van der Waals surface area contributed by atoms with Crippen molar-refractivity contribution in [3.05, 3.63) is 35.9 Å². The van der Waals surface area contributed by atoms with Crippen molar-refractivity contribution >= 4 is 0 Å². The van der Waals surface area contributed by atoms with Crippen LogP contribution in [-0.4, -0.2) is 18.0 Å². The van der Waals surface area contributed by atoms with Crippen molar-refractivity contribution in [3.63, 3.8) is 0 Å². The van der Waals surface area contributed by atoms with E-state index in [0.29, 0.717) is 5.41 Å². The van der Waals surface area contributed by atoms with Crippen LogP contribution >= 0.6 is 0 Å². The Morgan fingerprint density at radius 2 is 1.61 bits per heavy atom. The maximum absolute atomic E-state index is 2.70. The number of likely N-dealkylation sites (tertiary alicyclic amines) is 1. The summed E-state index contributed by atoms with van der Waals surface area (Å²) in [6, 6.07) is 11.0. The van der Waals surface area contributed by atoms with Gasteiger partial charge in [0.25, 0.3) is 0 Å². The molecule has 1 aliphatic heterocycles. The summed E-state index contributed by atoms with van der Waals surface area (Å²) in [6.45, 7) is 3.81. The highest BCUT2D eigenvalue weighted by atomic mass is 15.1. The Bertz CT molecular complexity index is 359. The van der Waals surface area contributed by atoms with Crippen LogP contribution in [0.1, 0.15) is 50.5 Å². The van der Waals surface area contributed by atoms with E-state index in [9.17, 15) is 0 Å². The summed E-state index contributed by atoms with van der Waals surface area (Å²) in [6.07, 6.45) is 10.3. The van der Waals surface area contributed by atoms with Gasteiger partial charge in [-0.15, -0.1) is 0 Å². The first kappa shape index (κ1) is 12.2. The largest absolute Gasteiger partial charge is 0.299 e. The smallest absolute Gasteiger partial charge is 0.0233 e. The van der Waals surface area contributed by atoms with Crippen molar-refractivity contribution < 1.29 is 0 Å². The second-order valence-corrected chi connectivity index (χ2v) is 6.36. The number of rotatable bonds is 2. The van der Waals surface area contributed by atoms with E-state index >= 15 is 0 Å². The Hall–Kier alpha value is -0.820. The molecule has 0 aromatic heterocycles. The van der Waals surface area contributed by atoms with Crippen molar-refractivity contribution in [2.24, 2.45) is 5.41 Å². The highest BCUT2D eigenvalue weighted by Gasteiger charge is 2.36. The van der Waals surface area contributed by atoms with E-state index in [1.165, 1.54) is 63.6 Å². The molecule has 2 fully saturated rings. The lowest BCUT2D eigenvalue weighted by molar-refractivity contribution is 0.0494. The number of hydrogen-bond acceptors (Lipinski definition) is 1. The van der Waals surface area contributed by atoms with Crippen LogP contribution in [0.3, 0.4) is 0 Å². The maximum Gasteiger partial charge on any atom is 0.0233 e. The lowest BCUT2D eigenvalue weighted by Crippen LogP contribution is -2.43. The number of hydrogen-bond donors (Lipinski definition) is 0. The van der Waals surface area contributed by atoms with Crippen LogP contribution in [0.25, 0.3) is 0 Å². The average Bonchev–Trinajstić information content (AvgIpc) is 2.41. The van der Waals surface area contributed by atoms with Gasteiger partial charge in [0.15, 0.2) is 0 Å². The third kappa shape index (κ3) is 2.77. The quantitative estimate of drug-likeness (QED) is 0.751. The van der Waals surface area contributed by atoms with Crippen LogP contribution in [0.15, 0.2) is 30.3 Å². The number of nitrogens with zero attached hydrogens (tertiary/aromatic N) is 1. The van der Waals surface area contributed by atoms with Gasteiger partial charge in [-0.25, -0.2) is 0 Å². The molecule has 1 heterocycles. The van der Waals surface area contributed by atoms with Crippen molar-refractivity contribution in [3.8, 4) is 0 Å². The summed E-state index contributed by atoms with van der Waals surface area (Å²) >= 11 is 0. The molecule has 1 saturated heterocycles. The van der Waals surface area contributed by atoms with Crippen LogP contribution < -0.4 is 0 Å². The van der Waals surface area contributed by atoms with E-state index in [1.54, 1.807) is 0 Å². The molecule has 18 heavy (non-hydrogen) atoms. The van der Waals surface area contributed by atoms with E-state index in [0.717, 1.165) is 6.54 Å². The zero-order chi connectivity index (χ0) is 12.3. The monoisotopic (exact) mass is 243 g/mol. The van der Waals surface area contributed by atoms with Crippen molar-refractivity contribution in [2.75, 3.05) is 13.1 Å². The van der Waals surface area contributed by atoms with Gasteiger partial charge in [0.05, 0.1) is 0 Å². The summed E-state index contributed by atoms with van der Waals surface area (Å²) in [5.74, 6) is 0. The summed E-state index contributed by atoms with van der Waals surface area (Å²) in [5, 5.41) is 0.